The van der Waals surface area contributed by atoms with E-state index in [0.29, 0.717) is 6.54 Å². The highest BCUT2D eigenvalue weighted by Gasteiger charge is 2.11. The molecule has 0 aliphatic carbocycles. The third-order valence-corrected chi connectivity index (χ3v) is 4.11. The van der Waals surface area contributed by atoms with Crippen molar-refractivity contribution in [3.8, 4) is 0 Å². The maximum Gasteiger partial charge on any atom is 0.251 e. The first kappa shape index (κ1) is 17.5. The van der Waals surface area contributed by atoms with Gasteiger partial charge in [0, 0.05) is 37.8 Å². The standard InChI is InChI=1S/C19H20F2N2O2/c20-17-9-16(10-18(21)11-17)19(24)22-12-14-1-3-15(4-2-14)13-23-5-7-25-8-6-23/h1-4,9-11H,5-8,12-13H2,(H,22,24). The number of amides is 1. The minimum absolute atomic E-state index is 0.0264. The predicted octanol–water partition coefficient (Wildman–Crippen LogP) is 2.73. The third kappa shape index (κ3) is 5.08. The molecule has 132 valence electrons. The number of halogens is 2. The fourth-order valence-corrected chi connectivity index (χ4v) is 2.75. The average Bonchev–Trinajstić information content (AvgIpc) is 2.61. The van der Waals surface area contributed by atoms with Gasteiger partial charge in [-0.15, -0.1) is 0 Å². The Kier molecular flexibility index (Phi) is 5.73. The van der Waals surface area contributed by atoms with Crippen LogP contribution in [-0.4, -0.2) is 37.1 Å². The monoisotopic (exact) mass is 346 g/mol. The summed E-state index contributed by atoms with van der Waals surface area (Å²) in [5.41, 5.74) is 2.10. The van der Waals surface area contributed by atoms with Crippen LogP contribution in [0.25, 0.3) is 0 Å². The second-order valence-electron chi connectivity index (χ2n) is 6.05. The Bertz CT molecular complexity index is 708. The van der Waals surface area contributed by atoms with Crippen LogP contribution in [0.2, 0.25) is 0 Å². The van der Waals surface area contributed by atoms with Crippen LogP contribution in [0.4, 0.5) is 8.78 Å². The summed E-state index contributed by atoms with van der Waals surface area (Å²) in [6.45, 7) is 4.58. The van der Waals surface area contributed by atoms with Crippen molar-refractivity contribution >= 4 is 5.91 Å². The number of nitrogens with zero attached hydrogens (tertiary/aromatic N) is 1. The highest BCUT2D eigenvalue weighted by atomic mass is 19.1. The molecule has 1 aliphatic heterocycles. The quantitative estimate of drug-likeness (QED) is 0.905. The first-order valence-electron chi connectivity index (χ1n) is 8.22. The molecule has 1 amide bonds. The van der Waals surface area contributed by atoms with Crippen molar-refractivity contribution in [2.24, 2.45) is 0 Å². The van der Waals surface area contributed by atoms with Crippen LogP contribution in [-0.2, 0) is 17.8 Å². The van der Waals surface area contributed by atoms with Crippen molar-refractivity contribution in [3.05, 3.63) is 70.8 Å². The normalized spacial score (nSPS) is 15.1. The van der Waals surface area contributed by atoms with Crippen molar-refractivity contribution < 1.29 is 18.3 Å². The van der Waals surface area contributed by atoms with Crippen LogP contribution in [0.1, 0.15) is 21.5 Å². The van der Waals surface area contributed by atoms with Crippen molar-refractivity contribution in [2.45, 2.75) is 13.1 Å². The van der Waals surface area contributed by atoms with Gasteiger partial charge in [0.2, 0.25) is 0 Å². The van der Waals surface area contributed by atoms with Gasteiger partial charge in [-0.1, -0.05) is 24.3 Å². The number of hydrogen-bond acceptors (Lipinski definition) is 3. The number of ether oxygens (including phenoxy) is 1. The largest absolute Gasteiger partial charge is 0.379 e. The van der Waals surface area contributed by atoms with Gasteiger partial charge in [0.05, 0.1) is 13.2 Å². The Morgan fingerprint density at radius 2 is 1.60 bits per heavy atom. The van der Waals surface area contributed by atoms with E-state index in [0.717, 1.165) is 56.6 Å². The van der Waals surface area contributed by atoms with Crippen molar-refractivity contribution in [2.75, 3.05) is 26.3 Å². The van der Waals surface area contributed by atoms with E-state index < -0.39 is 17.5 Å². The number of hydrogen-bond donors (Lipinski definition) is 1. The Balaban J connectivity index is 1.53. The summed E-state index contributed by atoms with van der Waals surface area (Å²) in [5, 5.41) is 2.67. The number of benzene rings is 2. The van der Waals surface area contributed by atoms with Crippen LogP contribution in [0.15, 0.2) is 42.5 Å². The molecule has 2 aromatic rings. The van der Waals surface area contributed by atoms with E-state index in [1.54, 1.807) is 0 Å². The molecule has 1 heterocycles. The summed E-state index contributed by atoms with van der Waals surface area (Å²) in [6, 6.07) is 10.7. The van der Waals surface area contributed by atoms with Gasteiger partial charge in [-0.2, -0.15) is 0 Å². The maximum absolute atomic E-state index is 13.2. The number of carbonyl (C=O) groups is 1. The Labute approximate surface area is 145 Å². The molecule has 3 rings (SSSR count). The Hall–Kier alpha value is -2.31. The summed E-state index contributed by atoms with van der Waals surface area (Å²) in [4.78, 5) is 14.3. The molecule has 1 fully saturated rings. The molecule has 4 nitrogen and oxygen atoms in total. The molecule has 1 N–H and O–H groups in total. The second kappa shape index (κ2) is 8.18. The van der Waals surface area contributed by atoms with Gasteiger partial charge in [-0.25, -0.2) is 8.78 Å². The van der Waals surface area contributed by atoms with Crippen LogP contribution >= 0.6 is 0 Å². The summed E-state index contributed by atoms with van der Waals surface area (Å²) < 4.78 is 31.6. The van der Waals surface area contributed by atoms with E-state index in [2.05, 4.69) is 10.2 Å². The van der Waals surface area contributed by atoms with Gasteiger partial charge in [0.25, 0.3) is 5.91 Å². The van der Waals surface area contributed by atoms with E-state index in [-0.39, 0.29) is 5.56 Å². The number of carbonyl (C=O) groups excluding carboxylic acids is 1. The van der Waals surface area contributed by atoms with E-state index in [1.807, 2.05) is 24.3 Å². The molecule has 1 aliphatic rings. The molecule has 25 heavy (non-hydrogen) atoms. The van der Waals surface area contributed by atoms with Crippen molar-refractivity contribution in [3.63, 3.8) is 0 Å². The van der Waals surface area contributed by atoms with E-state index in [1.165, 1.54) is 5.56 Å². The van der Waals surface area contributed by atoms with Crippen LogP contribution in [0, 0.1) is 11.6 Å². The SMILES string of the molecule is O=C(NCc1ccc(CN2CCOCC2)cc1)c1cc(F)cc(F)c1. The molecule has 0 bridgehead atoms. The highest BCUT2D eigenvalue weighted by Crippen LogP contribution is 2.11. The van der Waals surface area contributed by atoms with E-state index in [4.69, 9.17) is 4.74 Å². The third-order valence-electron chi connectivity index (χ3n) is 4.11. The molecule has 0 saturated carbocycles. The van der Waals surface area contributed by atoms with Gasteiger partial charge in [-0.05, 0) is 23.3 Å². The summed E-state index contributed by atoms with van der Waals surface area (Å²) in [7, 11) is 0. The Morgan fingerprint density at radius 3 is 2.24 bits per heavy atom. The lowest BCUT2D eigenvalue weighted by Crippen LogP contribution is -2.35. The summed E-state index contributed by atoms with van der Waals surface area (Å²) in [5.74, 6) is -2.04. The van der Waals surface area contributed by atoms with Gasteiger partial charge in [-0.3, -0.25) is 9.69 Å². The Morgan fingerprint density at radius 1 is 1.00 bits per heavy atom. The molecular formula is C19H20F2N2O2. The lowest BCUT2D eigenvalue weighted by Gasteiger charge is -2.26. The first-order valence-corrected chi connectivity index (χ1v) is 8.22. The summed E-state index contributed by atoms with van der Waals surface area (Å²) >= 11 is 0. The van der Waals surface area contributed by atoms with Gasteiger partial charge in [0.1, 0.15) is 11.6 Å². The smallest absolute Gasteiger partial charge is 0.251 e. The minimum Gasteiger partial charge on any atom is -0.379 e. The van der Waals surface area contributed by atoms with Crippen LogP contribution in [0.3, 0.4) is 0 Å². The minimum atomic E-state index is -0.766. The second-order valence-corrected chi connectivity index (χ2v) is 6.05. The molecule has 0 radical (unpaired) electrons. The molecule has 1 saturated heterocycles. The molecule has 0 aromatic heterocycles. The van der Waals surface area contributed by atoms with Gasteiger partial charge >= 0.3 is 0 Å². The van der Waals surface area contributed by atoms with E-state index >= 15 is 0 Å². The zero-order chi connectivity index (χ0) is 17.6. The predicted molar refractivity (Wildman–Crippen MR) is 90.1 cm³/mol. The molecule has 6 heteroatoms. The van der Waals surface area contributed by atoms with Crippen LogP contribution < -0.4 is 5.32 Å². The topological polar surface area (TPSA) is 41.6 Å². The molecule has 2 aromatic carbocycles. The number of morpholine rings is 1. The molecule has 0 atom stereocenters. The van der Waals surface area contributed by atoms with Crippen LogP contribution in [0.5, 0.6) is 0 Å². The lowest BCUT2D eigenvalue weighted by atomic mass is 10.1. The average molecular weight is 346 g/mol. The zero-order valence-corrected chi connectivity index (χ0v) is 13.8. The lowest BCUT2D eigenvalue weighted by molar-refractivity contribution is 0.0342. The molecule has 0 spiro atoms. The summed E-state index contributed by atoms with van der Waals surface area (Å²) in [6.07, 6.45) is 0. The molecule has 0 unspecified atom stereocenters. The fourth-order valence-electron chi connectivity index (χ4n) is 2.75. The molecular weight excluding hydrogens is 326 g/mol. The van der Waals surface area contributed by atoms with Crippen molar-refractivity contribution in [1.82, 2.24) is 10.2 Å². The highest BCUT2D eigenvalue weighted by molar-refractivity contribution is 5.94. The maximum atomic E-state index is 13.2. The zero-order valence-electron chi connectivity index (χ0n) is 13.8. The van der Waals surface area contributed by atoms with Crippen molar-refractivity contribution in [1.29, 1.82) is 0 Å². The van der Waals surface area contributed by atoms with E-state index in [9.17, 15) is 13.6 Å². The number of nitrogens with one attached hydrogen (secondary N) is 1. The number of rotatable bonds is 5. The van der Waals surface area contributed by atoms with Gasteiger partial charge in [0.15, 0.2) is 0 Å². The first-order chi connectivity index (χ1) is 12.1. The fraction of sp³-hybridized carbons (Fsp3) is 0.316. The van der Waals surface area contributed by atoms with Gasteiger partial charge < -0.3 is 10.1 Å².